The highest BCUT2D eigenvalue weighted by molar-refractivity contribution is 7.88. The van der Waals surface area contributed by atoms with Crippen molar-refractivity contribution in [1.82, 2.24) is 0 Å². The van der Waals surface area contributed by atoms with Crippen LogP contribution in [0.5, 0.6) is 11.5 Å². The summed E-state index contributed by atoms with van der Waals surface area (Å²) in [6.07, 6.45) is 0.0907. The van der Waals surface area contributed by atoms with Gasteiger partial charge in [-0.1, -0.05) is 30.3 Å². The largest absolute Gasteiger partial charge is 0.497 e. The Kier molecular flexibility index (Phi) is 3.62. The minimum atomic E-state index is -4.01. The van der Waals surface area contributed by atoms with Crippen molar-refractivity contribution < 1.29 is 22.1 Å². The van der Waals surface area contributed by atoms with Crippen molar-refractivity contribution in [2.24, 2.45) is 0 Å². The summed E-state index contributed by atoms with van der Waals surface area (Å²) in [5.41, 5.74) is 1.03. The van der Waals surface area contributed by atoms with Crippen LogP contribution in [0.3, 0.4) is 0 Å². The van der Waals surface area contributed by atoms with Crippen LogP contribution in [-0.4, -0.2) is 26.6 Å². The number of hydrogen-bond donors (Lipinski definition) is 0. The van der Waals surface area contributed by atoms with Gasteiger partial charge in [0.25, 0.3) is 0 Å². The number of benzene rings is 2. The molecule has 0 fully saturated rings. The number of fused-ring (bicyclic) bond motifs is 1. The molecule has 0 amide bonds. The summed E-state index contributed by atoms with van der Waals surface area (Å²) >= 11 is 0. The number of ketones is 1. The summed E-state index contributed by atoms with van der Waals surface area (Å²) in [6.45, 7) is 0. The summed E-state index contributed by atoms with van der Waals surface area (Å²) in [7, 11) is -2.56. The average molecular weight is 318 g/mol. The van der Waals surface area contributed by atoms with Crippen LogP contribution in [0, 0.1) is 0 Å². The molecule has 6 heteroatoms. The van der Waals surface area contributed by atoms with E-state index >= 15 is 0 Å². The first-order valence-electron chi connectivity index (χ1n) is 6.71. The lowest BCUT2D eigenvalue weighted by atomic mass is 10.0. The molecular weight excluding hydrogens is 304 g/mol. The molecule has 1 aliphatic rings. The summed E-state index contributed by atoms with van der Waals surface area (Å²) in [4.78, 5) is 12.5. The second-order valence-electron chi connectivity index (χ2n) is 4.98. The Labute approximate surface area is 128 Å². The minimum Gasteiger partial charge on any atom is -0.497 e. The lowest BCUT2D eigenvalue weighted by Crippen LogP contribution is -2.39. The number of Topliss-reactive ketones (excluding diaryl/α,β-unsaturated/α-hetero) is 1. The number of carbonyl (C=O) groups is 1. The van der Waals surface area contributed by atoms with E-state index in [0.717, 1.165) is 5.56 Å². The lowest BCUT2D eigenvalue weighted by Gasteiger charge is -2.24. The Hall–Kier alpha value is -2.34. The molecule has 1 aliphatic heterocycles. The molecule has 1 heterocycles. The highest BCUT2D eigenvalue weighted by Crippen LogP contribution is 2.34. The predicted molar refractivity (Wildman–Crippen MR) is 80.8 cm³/mol. The van der Waals surface area contributed by atoms with E-state index in [1.165, 1.54) is 19.2 Å². The molecule has 3 rings (SSSR count). The smallest absolute Gasteiger partial charge is 0.320 e. The second kappa shape index (κ2) is 5.46. The molecular formula is C16H14O5S. The fourth-order valence-corrected chi connectivity index (χ4v) is 3.70. The summed E-state index contributed by atoms with van der Waals surface area (Å²) in [5.74, 6) is 0.00433. The highest BCUT2D eigenvalue weighted by Gasteiger charge is 2.41. The van der Waals surface area contributed by atoms with Crippen LogP contribution < -0.4 is 8.92 Å². The van der Waals surface area contributed by atoms with Crippen LogP contribution >= 0.6 is 0 Å². The minimum absolute atomic E-state index is 0.0219. The van der Waals surface area contributed by atoms with Crippen LogP contribution in [0.2, 0.25) is 0 Å². The van der Waals surface area contributed by atoms with Gasteiger partial charge in [0.05, 0.1) is 12.7 Å². The van der Waals surface area contributed by atoms with Crippen LogP contribution in [0.25, 0.3) is 0 Å². The molecule has 114 valence electrons. The number of ether oxygens (including phenoxy) is 1. The Morgan fingerprint density at radius 2 is 1.86 bits per heavy atom. The van der Waals surface area contributed by atoms with Crippen LogP contribution in [0.15, 0.2) is 48.5 Å². The maximum Gasteiger partial charge on any atom is 0.320 e. The van der Waals surface area contributed by atoms with E-state index in [9.17, 15) is 13.2 Å². The number of hydrogen-bond acceptors (Lipinski definition) is 5. The van der Waals surface area contributed by atoms with E-state index in [0.29, 0.717) is 5.75 Å². The summed E-state index contributed by atoms with van der Waals surface area (Å²) in [5, 5.41) is -1.23. The molecule has 0 saturated heterocycles. The SMILES string of the molecule is COc1ccc2c(c1)OS(=O)(=O)C(Cc1ccccc1)C2=O. The Bertz CT molecular complexity index is 812. The van der Waals surface area contributed by atoms with Gasteiger partial charge in [-0.3, -0.25) is 4.79 Å². The zero-order valence-electron chi connectivity index (χ0n) is 11.9. The zero-order chi connectivity index (χ0) is 15.7. The van der Waals surface area contributed by atoms with Gasteiger partial charge < -0.3 is 8.92 Å². The molecule has 2 aromatic carbocycles. The third-order valence-electron chi connectivity index (χ3n) is 3.56. The first-order valence-corrected chi connectivity index (χ1v) is 8.18. The van der Waals surface area contributed by atoms with Gasteiger partial charge in [-0.05, 0) is 17.7 Å². The fourth-order valence-electron chi connectivity index (χ4n) is 2.41. The molecule has 0 bridgehead atoms. The predicted octanol–water partition coefficient (Wildman–Crippen LogP) is 2.21. The third kappa shape index (κ3) is 2.57. The molecule has 22 heavy (non-hydrogen) atoms. The van der Waals surface area contributed by atoms with Gasteiger partial charge >= 0.3 is 10.1 Å². The summed E-state index contributed by atoms with van der Waals surface area (Å²) in [6, 6.07) is 13.5. The van der Waals surface area contributed by atoms with Gasteiger partial charge in [0.2, 0.25) is 0 Å². The van der Waals surface area contributed by atoms with Gasteiger partial charge in [0, 0.05) is 12.5 Å². The van der Waals surface area contributed by atoms with Gasteiger partial charge in [-0.15, -0.1) is 0 Å². The molecule has 0 radical (unpaired) electrons. The molecule has 5 nitrogen and oxygen atoms in total. The maximum absolute atomic E-state index is 12.5. The Morgan fingerprint density at radius 1 is 1.14 bits per heavy atom. The van der Waals surface area contributed by atoms with E-state index < -0.39 is 21.2 Å². The first kappa shape index (κ1) is 14.6. The second-order valence-corrected chi connectivity index (χ2v) is 6.70. The van der Waals surface area contributed by atoms with Crippen molar-refractivity contribution in [2.75, 3.05) is 7.11 Å². The average Bonchev–Trinajstić information content (AvgIpc) is 2.51. The van der Waals surface area contributed by atoms with E-state index in [4.69, 9.17) is 8.92 Å². The number of carbonyl (C=O) groups excluding carboxylic acids is 1. The quantitative estimate of drug-likeness (QED) is 0.812. The molecule has 1 unspecified atom stereocenters. The van der Waals surface area contributed by atoms with Crippen molar-refractivity contribution in [3.8, 4) is 11.5 Å². The topological polar surface area (TPSA) is 69.7 Å². The Balaban J connectivity index is 2.00. The lowest BCUT2D eigenvalue weighted by molar-refractivity contribution is 0.0976. The van der Waals surface area contributed by atoms with Crippen molar-refractivity contribution in [3.05, 3.63) is 59.7 Å². The van der Waals surface area contributed by atoms with E-state index in [1.807, 2.05) is 6.07 Å². The van der Waals surface area contributed by atoms with Crippen molar-refractivity contribution >= 4 is 15.9 Å². The van der Waals surface area contributed by atoms with E-state index in [1.54, 1.807) is 30.3 Å². The maximum atomic E-state index is 12.5. The highest BCUT2D eigenvalue weighted by atomic mass is 32.2. The normalized spacial score (nSPS) is 19.1. The van der Waals surface area contributed by atoms with Gasteiger partial charge in [0.1, 0.15) is 5.75 Å². The van der Waals surface area contributed by atoms with Crippen molar-refractivity contribution in [3.63, 3.8) is 0 Å². The molecule has 0 N–H and O–H groups in total. The first-order chi connectivity index (χ1) is 10.5. The standard InChI is InChI=1S/C16H14O5S/c1-20-12-7-8-13-14(10-12)21-22(18,19)15(16(13)17)9-11-5-3-2-4-6-11/h2-8,10,15H,9H2,1H3. The van der Waals surface area contributed by atoms with Gasteiger partial charge in [-0.2, -0.15) is 8.42 Å². The molecule has 1 atom stereocenters. The number of methoxy groups -OCH3 is 1. The monoisotopic (exact) mass is 318 g/mol. The fraction of sp³-hybridized carbons (Fsp3) is 0.188. The van der Waals surface area contributed by atoms with E-state index in [-0.39, 0.29) is 17.7 Å². The molecule has 0 aromatic heterocycles. The van der Waals surface area contributed by atoms with Crippen molar-refractivity contribution in [1.29, 1.82) is 0 Å². The Morgan fingerprint density at radius 3 is 2.55 bits per heavy atom. The number of rotatable bonds is 3. The van der Waals surface area contributed by atoms with Gasteiger partial charge in [-0.25, -0.2) is 0 Å². The van der Waals surface area contributed by atoms with Crippen LogP contribution in [0.1, 0.15) is 15.9 Å². The molecule has 2 aromatic rings. The van der Waals surface area contributed by atoms with Crippen LogP contribution in [0.4, 0.5) is 0 Å². The zero-order valence-corrected chi connectivity index (χ0v) is 12.7. The van der Waals surface area contributed by atoms with Crippen molar-refractivity contribution in [2.45, 2.75) is 11.7 Å². The van der Waals surface area contributed by atoms with Gasteiger partial charge in [0.15, 0.2) is 16.8 Å². The molecule has 0 saturated carbocycles. The third-order valence-corrected chi connectivity index (χ3v) is 5.05. The summed E-state index contributed by atoms with van der Waals surface area (Å²) < 4.78 is 34.7. The van der Waals surface area contributed by atoms with Crippen LogP contribution in [-0.2, 0) is 16.5 Å². The molecule has 0 spiro atoms. The molecule has 0 aliphatic carbocycles. The van der Waals surface area contributed by atoms with E-state index in [2.05, 4.69) is 0 Å².